The van der Waals surface area contributed by atoms with Crippen LogP contribution in [0.4, 0.5) is 5.69 Å². The topological polar surface area (TPSA) is 95.4 Å². The second kappa shape index (κ2) is 6.04. The average Bonchev–Trinajstić information content (AvgIpc) is 3.13. The van der Waals surface area contributed by atoms with Crippen LogP contribution in [0.15, 0.2) is 41.4 Å². The quantitative estimate of drug-likeness (QED) is 0.795. The summed E-state index contributed by atoms with van der Waals surface area (Å²) in [6.07, 6.45) is 1.23. The minimum atomic E-state index is -0.438. The maximum absolute atomic E-state index is 12.0. The number of β-amino-alcohol motifs (C(OH)–C–C–N with tert-alkyl or cyclic N) is 1. The van der Waals surface area contributed by atoms with Crippen LogP contribution in [0.25, 0.3) is 11.3 Å². The van der Waals surface area contributed by atoms with Crippen molar-refractivity contribution in [3.63, 3.8) is 0 Å². The molecule has 112 valence electrons. The van der Waals surface area contributed by atoms with Crippen LogP contribution in [0.3, 0.4) is 0 Å². The van der Waals surface area contributed by atoms with E-state index in [1.54, 1.807) is 12.1 Å². The molecule has 7 nitrogen and oxygen atoms in total. The zero-order chi connectivity index (χ0) is 15.5. The standard InChI is InChI=1S/C14H12N4O3S/c19-6-5-18-13(20)7-11(14(18)21)15-10-3-1-9(2-4-10)12-8-22-17-16-12/h1-4,7-8,15,19H,5-6H2. The molecule has 0 bridgehead atoms. The van der Waals surface area contributed by atoms with Crippen LogP contribution < -0.4 is 5.32 Å². The van der Waals surface area contributed by atoms with Gasteiger partial charge in [-0.2, -0.15) is 0 Å². The third-order valence-corrected chi connectivity index (χ3v) is 3.66. The lowest BCUT2D eigenvalue weighted by atomic mass is 10.1. The number of rotatable bonds is 5. The van der Waals surface area contributed by atoms with E-state index < -0.39 is 11.8 Å². The Morgan fingerprint density at radius 3 is 2.64 bits per heavy atom. The molecule has 1 aromatic carbocycles. The highest BCUT2D eigenvalue weighted by Gasteiger charge is 2.30. The van der Waals surface area contributed by atoms with Crippen molar-refractivity contribution in [2.75, 3.05) is 18.5 Å². The van der Waals surface area contributed by atoms with Crippen LogP contribution >= 0.6 is 11.5 Å². The van der Waals surface area contributed by atoms with Crippen molar-refractivity contribution in [1.82, 2.24) is 14.5 Å². The van der Waals surface area contributed by atoms with Crippen LogP contribution in [0.2, 0.25) is 0 Å². The Hall–Kier alpha value is -2.58. The number of imide groups is 1. The lowest BCUT2D eigenvalue weighted by Gasteiger charge is -2.13. The van der Waals surface area contributed by atoms with E-state index in [0.717, 1.165) is 16.2 Å². The van der Waals surface area contributed by atoms with Crippen molar-refractivity contribution < 1.29 is 14.7 Å². The van der Waals surface area contributed by atoms with Crippen LogP contribution in [0.1, 0.15) is 0 Å². The number of aromatic nitrogens is 2. The maximum atomic E-state index is 12.0. The molecule has 0 saturated carbocycles. The van der Waals surface area contributed by atoms with Crippen molar-refractivity contribution in [3.8, 4) is 11.3 Å². The molecule has 0 aliphatic carbocycles. The molecular weight excluding hydrogens is 304 g/mol. The second-order valence-corrected chi connectivity index (χ2v) is 5.18. The van der Waals surface area contributed by atoms with Crippen LogP contribution in [-0.4, -0.2) is 44.6 Å². The third kappa shape index (κ3) is 2.74. The van der Waals surface area contributed by atoms with Gasteiger partial charge in [0.25, 0.3) is 11.8 Å². The number of hydrogen-bond acceptors (Lipinski definition) is 7. The summed E-state index contributed by atoms with van der Waals surface area (Å²) in [5, 5.41) is 17.6. The Balaban J connectivity index is 1.73. The van der Waals surface area contributed by atoms with Crippen LogP contribution in [0.5, 0.6) is 0 Å². The zero-order valence-corrected chi connectivity index (χ0v) is 12.2. The van der Waals surface area contributed by atoms with Gasteiger partial charge in [0.15, 0.2) is 0 Å². The molecular formula is C14H12N4O3S. The van der Waals surface area contributed by atoms with E-state index >= 15 is 0 Å². The van der Waals surface area contributed by atoms with Gasteiger partial charge in [-0.1, -0.05) is 16.6 Å². The SMILES string of the molecule is O=C1C=C(Nc2ccc(-c3csnn3)cc2)C(=O)N1CCO. The first-order valence-corrected chi connectivity index (χ1v) is 7.35. The summed E-state index contributed by atoms with van der Waals surface area (Å²) in [6.45, 7) is -0.260. The summed E-state index contributed by atoms with van der Waals surface area (Å²) in [5.41, 5.74) is 2.59. The van der Waals surface area contributed by atoms with E-state index in [1.807, 2.05) is 17.5 Å². The Morgan fingerprint density at radius 1 is 1.23 bits per heavy atom. The van der Waals surface area contributed by atoms with E-state index in [9.17, 15) is 9.59 Å². The number of nitrogens with zero attached hydrogens (tertiary/aromatic N) is 3. The number of aliphatic hydroxyl groups is 1. The largest absolute Gasteiger partial charge is 0.395 e. The van der Waals surface area contributed by atoms with Crippen LogP contribution in [-0.2, 0) is 9.59 Å². The zero-order valence-electron chi connectivity index (χ0n) is 11.4. The summed E-state index contributed by atoms with van der Waals surface area (Å²) in [6, 6.07) is 7.29. The first-order valence-electron chi connectivity index (χ1n) is 6.52. The van der Waals surface area contributed by atoms with Gasteiger partial charge in [-0.05, 0) is 23.7 Å². The number of carbonyl (C=O) groups excluding carboxylic acids is 2. The molecule has 8 heteroatoms. The van der Waals surface area contributed by atoms with Gasteiger partial charge < -0.3 is 10.4 Å². The van der Waals surface area contributed by atoms with Gasteiger partial charge in [0.2, 0.25) is 0 Å². The smallest absolute Gasteiger partial charge is 0.277 e. The number of carbonyl (C=O) groups is 2. The van der Waals surface area contributed by atoms with E-state index in [1.165, 1.54) is 17.6 Å². The van der Waals surface area contributed by atoms with Gasteiger partial charge in [-0.15, -0.1) is 5.10 Å². The second-order valence-electron chi connectivity index (χ2n) is 4.57. The molecule has 2 heterocycles. The van der Waals surface area contributed by atoms with E-state index in [-0.39, 0.29) is 18.8 Å². The lowest BCUT2D eigenvalue weighted by Crippen LogP contribution is -2.34. The highest BCUT2D eigenvalue weighted by atomic mass is 32.1. The van der Waals surface area contributed by atoms with Gasteiger partial charge in [0, 0.05) is 22.7 Å². The van der Waals surface area contributed by atoms with E-state index in [2.05, 4.69) is 14.9 Å². The fraction of sp³-hybridized carbons (Fsp3) is 0.143. The van der Waals surface area contributed by atoms with Crippen molar-refractivity contribution >= 4 is 29.0 Å². The summed E-state index contributed by atoms with van der Waals surface area (Å²) in [4.78, 5) is 24.7. The van der Waals surface area contributed by atoms with Gasteiger partial charge in [0.1, 0.15) is 11.4 Å². The van der Waals surface area contributed by atoms with Gasteiger partial charge in [-0.25, -0.2) is 0 Å². The fourth-order valence-electron chi connectivity index (χ4n) is 2.08. The molecule has 2 aromatic rings. The first kappa shape index (κ1) is 14.4. The molecule has 0 radical (unpaired) electrons. The molecule has 0 atom stereocenters. The average molecular weight is 316 g/mol. The van der Waals surface area contributed by atoms with E-state index in [0.29, 0.717) is 5.69 Å². The predicted molar refractivity (Wildman–Crippen MR) is 80.9 cm³/mol. The summed E-state index contributed by atoms with van der Waals surface area (Å²) in [5.74, 6) is -0.862. The van der Waals surface area contributed by atoms with Gasteiger partial charge in [-0.3, -0.25) is 14.5 Å². The molecule has 2 amide bonds. The third-order valence-electron chi connectivity index (χ3n) is 3.15. The Labute approximate surface area is 130 Å². The predicted octanol–water partition coefficient (Wildman–Crippen LogP) is 0.862. The molecule has 0 fully saturated rings. The molecule has 22 heavy (non-hydrogen) atoms. The van der Waals surface area contributed by atoms with Gasteiger partial charge in [0.05, 0.1) is 13.2 Å². The van der Waals surface area contributed by atoms with Crippen molar-refractivity contribution in [3.05, 3.63) is 41.4 Å². The van der Waals surface area contributed by atoms with E-state index in [4.69, 9.17) is 5.11 Å². The molecule has 2 N–H and O–H groups in total. The highest BCUT2D eigenvalue weighted by molar-refractivity contribution is 7.03. The minimum absolute atomic E-state index is 0.00485. The molecule has 1 aliphatic heterocycles. The first-order chi connectivity index (χ1) is 10.7. The normalized spacial score (nSPS) is 14.4. The fourth-order valence-corrected chi connectivity index (χ4v) is 2.55. The number of benzene rings is 1. The molecule has 1 aliphatic rings. The Bertz CT molecular complexity index is 725. The highest BCUT2D eigenvalue weighted by Crippen LogP contribution is 2.22. The molecule has 0 saturated heterocycles. The Morgan fingerprint density at radius 2 is 2.00 bits per heavy atom. The van der Waals surface area contributed by atoms with Crippen molar-refractivity contribution in [1.29, 1.82) is 0 Å². The number of hydrogen-bond donors (Lipinski definition) is 2. The molecule has 0 unspecified atom stereocenters. The summed E-state index contributed by atoms with van der Waals surface area (Å²) in [7, 11) is 0. The number of nitrogens with one attached hydrogen (secondary N) is 1. The van der Waals surface area contributed by atoms with Crippen molar-refractivity contribution in [2.24, 2.45) is 0 Å². The molecule has 1 aromatic heterocycles. The molecule has 3 rings (SSSR count). The van der Waals surface area contributed by atoms with Gasteiger partial charge >= 0.3 is 0 Å². The van der Waals surface area contributed by atoms with Crippen LogP contribution in [0, 0.1) is 0 Å². The number of amides is 2. The summed E-state index contributed by atoms with van der Waals surface area (Å²) >= 11 is 1.28. The Kier molecular flexibility index (Phi) is 3.94. The molecule has 0 spiro atoms. The van der Waals surface area contributed by atoms with Crippen molar-refractivity contribution in [2.45, 2.75) is 0 Å². The monoisotopic (exact) mass is 316 g/mol. The summed E-state index contributed by atoms with van der Waals surface area (Å²) < 4.78 is 3.81. The minimum Gasteiger partial charge on any atom is -0.395 e. The number of anilines is 1. The maximum Gasteiger partial charge on any atom is 0.277 e. The number of aliphatic hydroxyl groups excluding tert-OH is 1. The lowest BCUT2D eigenvalue weighted by molar-refractivity contribution is -0.137.